The van der Waals surface area contributed by atoms with Crippen LogP contribution in [-0.4, -0.2) is 9.36 Å². The first-order valence-electron chi connectivity index (χ1n) is 3.53. The van der Waals surface area contributed by atoms with Crippen molar-refractivity contribution in [3.63, 3.8) is 0 Å². The van der Waals surface area contributed by atoms with Crippen molar-refractivity contribution in [1.82, 2.24) is 9.36 Å². The second kappa shape index (κ2) is 4.48. The van der Waals surface area contributed by atoms with Crippen LogP contribution in [0.5, 0.6) is 0 Å². The summed E-state index contributed by atoms with van der Waals surface area (Å²) < 4.78 is 5.55. The molecule has 2 rings (SSSR count). The van der Waals surface area contributed by atoms with Gasteiger partial charge < -0.3 is 0 Å². The molecule has 2 aromatic heterocycles. The zero-order chi connectivity index (χ0) is 9.97. The Morgan fingerprint density at radius 2 is 2.29 bits per heavy atom. The van der Waals surface area contributed by atoms with Crippen LogP contribution in [-0.2, 0) is 0 Å². The topological polar surface area (TPSA) is 38.1 Å². The lowest BCUT2D eigenvalue weighted by atomic mass is 10.5. The highest BCUT2D eigenvalue weighted by Crippen LogP contribution is 2.13. The molecule has 0 atom stereocenters. The Morgan fingerprint density at radius 1 is 1.43 bits per heavy atom. The normalized spacial score (nSPS) is 12.0. The maximum absolute atomic E-state index is 5.80. The third kappa shape index (κ3) is 2.38. The Balaban J connectivity index is 2.44. The molecule has 0 bridgehead atoms. The molecule has 0 aliphatic rings. The van der Waals surface area contributed by atoms with E-state index in [-0.39, 0.29) is 0 Å². The summed E-state index contributed by atoms with van der Waals surface area (Å²) in [6.07, 6.45) is 1.69. The lowest BCUT2D eigenvalue weighted by Gasteiger charge is -1.90. The third-order valence-electron chi connectivity index (χ3n) is 1.34. The van der Waals surface area contributed by atoms with Crippen LogP contribution in [0.2, 0.25) is 5.15 Å². The zero-order valence-electron chi connectivity index (χ0n) is 6.65. The monoisotopic (exact) mass is 307 g/mol. The van der Waals surface area contributed by atoms with Crippen molar-refractivity contribution in [2.24, 2.45) is 4.99 Å². The molecule has 0 aliphatic heterocycles. The van der Waals surface area contributed by atoms with Gasteiger partial charge in [-0.2, -0.15) is 4.37 Å². The van der Waals surface area contributed by atoms with Crippen LogP contribution in [0.4, 0.5) is 5.82 Å². The van der Waals surface area contributed by atoms with Crippen LogP contribution in [0, 0.1) is 0 Å². The Kier molecular flexibility index (Phi) is 3.27. The molecule has 0 saturated carbocycles. The van der Waals surface area contributed by atoms with Crippen molar-refractivity contribution in [2.45, 2.75) is 0 Å². The summed E-state index contributed by atoms with van der Waals surface area (Å²) in [5, 5.41) is 0.435. The molecule has 7 heteroatoms. The number of nitrogens with zero attached hydrogens (tertiary/aromatic N) is 3. The van der Waals surface area contributed by atoms with Gasteiger partial charge in [0.2, 0.25) is 0 Å². The van der Waals surface area contributed by atoms with E-state index in [9.17, 15) is 0 Å². The SMILES string of the molecule is Clc1nssc1=Nc1ccc(Br)cn1. The summed E-state index contributed by atoms with van der Waals surface area (Å²) in [4.78, 5) is 8.35. The average Bonchev–Trinajstić information content (AvgIpc) is 2.56. The number of hydrogen-bond donors (Lipinski definition) is 0. The van der Waals surface area contributed by atoms with Gasteiger partial charge in [0.05, 0.1) is 0 Å². The van der Waals surface area contributed by atoms with Crippen LogP contribution in [0.3, 0.4) is 0 Å². The fourth-order valence-corrected chi connectivity index (χ4v) is 2.98. The standard InChI is InChI=1S/C7H3BrClN3S2/c8-4-1-2-5(10-3-4)11-7-6(9)12-14-13-7/h1-3H. The van der Waals surface area contributed by atoms with E-state index in [2.05, 4.69) is 30.3 Å². The van der Waals surface area contributed by atoms with E-state index in [1.54, 1.807) is 6.20 Å². The Bertz CT molecular complexity index is 490. The van der Waals surface area contributed by atoms with Crippen LogP contribution in [0.1, 0.15) is 0 Å². The summed E-state index contributed by atoms with van der Waals surface area (Å²) in [5.41, 5.74) is 0. The van der Waals surface area contributed by atoms with Gasteiger partial charge in [0, 0.05) is 21.2 Å². The van der Waals surface area contributed by atoms with Crippen molar-refractivity contribution >= 4 is 54.2 Å². The molecule has 0 aromatic carbocycles. The molecule has 0 spiro atoms. The minimum Gasteiger partial charge on any atom is -0.236 e. The first-order valence-corrected chi connectivity index (χ1v) is 6.81. The second-order valence-electron chi connectivity index (χ2n) is 2.29. The van der Waals surface area contributed by atoms with Crippen LogP contribution >= 0.6 is 48.4 Å². The summed E-state index contributed by atoms with van der Waals surface area (Å²) in [6.45, 7) is 0. The molecule has 14 heavy (non-hydrogen) atoms. The van der Waals surface area contributed by atoms with Gasteiger partial charge in [-0.1, -0.05) is 11.6 Å². The number of rotatable bonds is 1. The molecule has 0 N–H and O–H groups in total. The Hall–Kier alpha value is -0.300. The lowest BCUT2D eigenvalue weighted by molar-refractivity contribution is 1.22. The first-order chi connectivity index (χ1) is 6.75. The van der Waals surface area contributed by atoms with Gasteiger partial charge in [-0.3, -0.25) is 0 Å². The summed E-state index contributed by atoms with van der Waals surface area (Å²) >= 11 is 9.10. The van der Waals surface area contributed by atoms with E-state index in [1.807, 2.05) is 12.1 Å². The molecule has 0 aliphatic carbocycles. The van der Waals surface area contributed by atoms with Crippen LogP contribution < -0.4 is 4.67 Å². The molecule has 0 amide bonds. The number of pyridine rings is 1. The van der Waals surface area contributed by atoms with Gasteiger partial charge in [0.15, 0.2) is 15.6 Å². The quantitative estimate of drug-likeness (QED) is 0.759. The highest BCUT2D eigenvalue weighted by Gasteiger charge is 1.97. The Morgan fingerprint density at radius 3 is 2.86 bits per heavy atom. The van der Waals surface area contributed by atoms with E-state index in [4.69, 9.17) is 11.6 Å². The van der Waals surface area contributed by atoms with Gasteiger partial charge in [-0.15, -0.1) is 0 Å². The molecular formula is C7H3BrClN3S2. The van der Waals surface area contributed by atoms with Gasteiger partial charge in [0.1, 0.15) is 0 Å². The van der Waals surface area contributed by atoms with Crippen molar-refractivity contribution in [2.75, 3.05) is 0 Å². The smallest absolute Gasteiger partial charge is 0.179 e. The minimum absolute atomic E-state index is 0.435. The predicted molar refractivity (Wildman–Crippen MR) is 62.2 cm³/mol. The van der Waals surface area contributed by atoms with Crippen molar-refractivity contribution in [3.8, 4) is 0 Å². The first kappa shape index (κ1) is 10.2. The van der Waals surface area contributed by atoms with Crippen LogP contribution in [0.25, 0.3) is 0 Å². The fraction of sp³-hybridized carbons (Fsp3) is 0. The highest BCUT2D eigenvalue weighted by atomic mass is 79.9. The van der Waals surface area contributed by atoms with Gasteiger partial charge >= 0.3 is 0 Å². The van der Waals surface area contributed by atoms with E-state index in [1.165, 1.54) is 20.9 Å². The lowest BCUT2D eigenvalue weighted by Crippen LogP contribution is -1.93. The molecule has 2 aromatic rings. The molecule has 3 nitrogen and oxygen atoms in total. The van der Waals surface area contributed by atoms with Crippen molar-refractivity contribution in [1.29, 1.82) is 0 Å². The minimum atomic E-state index is 0.435. The Labute approximate surface area is 101 Å². The van der Waals surface area contributed by atoms with Crippen molar-refractivity contribution in [3.05, 3.63) is 32.6 Å². The van der Waals surface area contributed by atoms with E-state index in [0.29, 0.717) is 15.6 Å². The fourth-order valence-electron chi connectivity index (χ4n) is 0.763. The summed E-state index contributed by atoms with van der Waals surface area (Å²) in [5.74, 6) is 0.631. The van der Waals surface area contributed by atoms with Gasteiger partial charge in [-0.05, 0) is 38.4 Å². The summed E-state index contributed by atoms with van der Waals surface area (Å²) in [6, 6.07) is 3.69. The van der Waals surface area contributed by atoms with E-state index in [0.717, 1.165) is 4.47 Å². The predicted octanol–water partition coefficient (Wildman–Crippen LogP) is 3.25. The molecule has 2 heterocycles. The maximum Gasteiger partial charge on any atom is 0.179 e. The zero-order valence-corrected chi connectivity index (χ0v) is 10.6. The highest BCUT2D eigenvalue weighted by molar-refractivity contribution is 9.10. The van der Waals surface area contributed by atoms with Gasteiger partial charge in [0.25, 0.3) is 0 Å². The van der Waals surface area contributed by atoms with Crippen LogP contribution in [0.15, 0.2) is 27.8 Å². The number of hydrogen-bond acceptors (Lipinski definition) is 5. The summed E-state index contributed by atoms with van der Waals surface area (Å²) in [7, 11) is 2.75. The van der Waals surface area contributed by atoms with Crippen molar-refractivity contribution < 1.29 is 0 Å². The second-order valence-corrected chi connectivity index (χ2v) is 5.40. The molecule has 72 valence electrons. The molecule has 0 fully saturated rings. The van der Waals surface area contributed by atoms with Gasteiger partial charge in [-0.25, -0.2) is 9.98 Å². The molecular weight excluding hydrogens is 306 g/mol. The van der Waals surface area contributed by atoms with E-state index >= 15 is 0 Å². The van der Waals surface area contributed by atoms with E-state index < -0.39 is 0 Å². The molecule has 0 saturated heterocycles. The average molecular weight is 309 g/mol. The molecule has 0 unspecified atom stereocenters. The maximum atomic E-state index is 5.80. The number of halogens is 2. The largest absolute Gasteiger partial charge is 0.236 e. The third-order valence-corrected chi connectivity index (χ3v) is 3.98. The molecule has 0 radical (unpaired) electrons. The number of aromatic nitrogens is 2.